The largest absolute Gasteiger partial charge is 0.351 e. The van der Waals surface area contributed by atoms with E-state index in [1.807, 2.05) is 30.3 Å². The highest BCUT2D eigenvalue weighted by molar-refractivity contribution is 9.11. The Bertz CT molecular complexity index is 579. The molecule has 0 saturated carbocycles. The van der Waals surface area contributed by atoms with E-state index < -0.39 is 6.04 Å². The highest BCUT2D eigenvalue weighted by Crippen LogP contribution is 2.11. The molecule has 2 rings (SSSR count). The SMILES string of the molecule is NCC(=O)N[C@@H](Cc1ccccc1)C(=O)NCC1C=C(Br)NO1. The standard InChI is InChI=1S/C15H19BrN4O3/c16-13-7-11(23-20-13)9-18-15(22)12(19-14(21)8-17)6-10-4-2-1-3-5-10/h1-5,7,11-12,20H,6,8-9,17H2,(H,18,22)(H,19,21)/t11?,12-/m0/s1. The van der Waals surface area contributed by atoms with Crippen molar-refractivity contribution in [2.24, 2.45) is 5.73 Å². The van der Waals surface area contributed by atoms with E-state index in [1.54, 1.807) is 6.08 Å². The van der Waals surface area contributed by atoms with Gasteiger partial charge in [-0.3, -0.25) is 19.9 Å². The van der Waals surface area contributed by atoms with E-state index >= 15 is 0 Å². The van der Waals surface area contributed by atoms with Gasteiger partial charge in [-0.1, -0.05) is 30.3 Å². The fourth-order valence-electron chi connectivity index (χ4n) is 2.10. The molecule has 1 aromatic rings. The minimum atomic E-state index is -0.685. The van der Waals surface area contributed by atoms with Crippen LogP contribution in [0.15, 0.2) is 41.0 Å². The van der Waals surface area contributed by atoms with Crippen molar-refractivity contribution >= 4 is 27.7 Å². The summed E-state index contributed by atoms with van der Waals surface area (Å²) in [5.74, 6) is -0.654. The van der Waals surface area contributed by atoms with Gasteiger partial charge in [0.25, 0.3) is 0 Å². The Morgan fingerprint density at radius 3 is 2.70 bits per heavy atom. The van der Waals surface area contributed by atoms with Gasteiger partial charge < -0.3 is 16.4 Å². The first-order valence-electron chi connectivity index (χ1n) is 7.18. The van der Waals surface area contributed by atoms with Crippen LogP contribution in [-0.2, 0) is 20.8 Å². The number of halogens is 1. The molecular weight excluding hydrogens is 364 g/mol. The van der Waals surface area contributed by atoms with Crippen LogP contribution < -0.4 is 21.8 Å². The van der Waals surface area contributed by atoms with E-state index in [1.165, 1.54) is 0 Å². The van der Waals surface area contributed by atoms with Gasteiger partial charge in [0.1, 0.15) is 16.8 Å². The minimum Gasteiger partial charge on any atom is -0.351 e. The third-order valence-corrected chi connectivity index (χ3v) is 3.66. The molecule has 7 nitrogen and oxygen atoms in total. The fourth-order valence-corrected chi connectivity index (χ4v) is 2.49. The van der Waals surface area contributed by atoms with Crippen molar-refractivity contribution in [1.82, 2.24) is 16.1 Å². The van der Waals surface area contributed by atoms with Crippen molar-refractivity contribution in [3.63, 3.8) is 0 Å². The third kappa shape index (κ3) is 5.66. The second-order valence-electron chi connectivity index (χ2n) is 5.03. The lowest BCUT2D eigenvalue weighted by molar-refractivity contribution is -0.128. The Hall–Kier alpha value is -1.90. The number of carbonyl (C=O) groups is 2. The maximum Gasteiger partial charge on any atom is 0.243 e. The summed E-state index contributed by atoms with van der Waals surface area (Å²) in [5.41, 5.74) is 8.91. The molecule has 1 unspecified atom stereocenters. The molecule has 1 aromatic carbocycles. The average molecular weight is 383 g/mol. The zero-order chi connectivity index (χ0) is 16.7. The number of rotatable bonds is 7. The van der Waals surface area contributed by atoms with Crippen molar-refractivity contribution in [2.75, 3.05) is 13.1 Å². The Morgan fingerprint density at radius 2 is 2.09 bits per heavy atom. The molecule has 0 bridgehead atoms. The zero-order valence-corrected chi connectivity index (χ0v) is 14.0. The van der Waals surface area contributed by atoms with Crippen molar-refractivity contribution in [1.29, 1.82) is 0 Å². The Morgan fingerprint density at radius 1 is 1.35 bits per heavy atom. The van der Waals surface area contributed by atoms with E-state index in [0.717, 1.165) is 5.56 Å². The van der Waals surface area contributed by atoms with Crippen LogP contribution in [0.3, 0.4) is 0 Å². The predicted molar refractivity (Wildman–Crippen MR) is 89.2 cm³/mol. The second-order valence-corrected chi connectivity index (χ2v) is 5.89. The Kier molecular flexibility index (Phi) is 6.57. The summed E-state index contributed by atoms with van der Waals surface area (Å²) in [6, 6.07) is 8.78. The van der Waals surface area contributed by atoms with Gasteiger partial charge >= 0.3 is 0 Å². The van der Waals surface area contributed by atoms with Crippen molar-refractivity contribution in [3.05, 3.63) is 46.6 Å². The molecule has 0 spiro atoms. The van der Waals surface area contributed by atoms with Crippen LogP contribution in [0.5, 0.6) is 0 Å². The molecule has 2 atom stereocenters. The summed E-state index contributed by atoms with van der Waals surface area (Å²) in [7, 11) is 0. The number of hydrogen-bond acceptors (Lipinski definition) is 5. The quantitative estimate of drug-likeness (QED) is 0.494. The van der Waals surface area contributed by atoms with Crippen LogP contribution in [0.4, 0.5) is 0 Å². The van der Waals surface area contributed by atoms with E-state index in [4.69, 9.17) is 10.6 Å². The fraction of sp³-hybridized carbons (Fsp3) is 0.333. The number of hydroxylamine groups is 1. The van der Waals surface area contributed by atoms with Crippen LogP contribution in [0.1, 0.15) is 5.56 Å². The number of amides is 2. The monoisotopic (exact) mass is 382 g/mol. The third-order valence-electron chi connectivity index (χ3n) is 3.24. The molecular formula is C15H19BrN4O3. The summed E-state index contributed by atoms with van der Waals surface area (Å²) >= 11 is 3.24. The molecule has 1 aliphatic rings. The van der Waals surface area contributed by atoms with Crippen molar-refractivity contribution < 1.29 is 14.4 Å². The van der Waals surface area contributed by atoms with Gasteiger partial charge in [-0.05, 0) is 27.6 Å². The summed E-state index contributed by atoms with van der Waals surface area (Å²) in [4.78, 5) is 29.1. The van der Waals surface area contributed by atoms with Gasteiger partial charge in [-0.2, -0.15) is 0 Å². The van der Waals surface area contributed by atoms with Crippen molar-refractivity contribution in [3.8, 4) is 0 Å². The summed E-state index contributed by atoms with van der Waals surface area (Å²) < 4.78 is 0.717. The number of nitrogens with one attached hydrogen (secondary N) is 3. The minimum absolute atomic E-state index is 0.163. The number of carbonyl (C=O) groups excluding carboxylic acids is 2. The molecule has 124 valence electrons. The lowest BCUT2D eigenvalue weighted by Crippen LogP contribution is -2.50. The first kappa shape index (κ1) is 17.5. The highest BCUT2D eigenvalue weighted by atomic mass is 79.9. The van der Waals surface area contributed by atoms with Gasteiger partial charge in [-0.25, -0.2) is 0 Å². The maximum absolute atomic E-state index is 12.4. The number of nitrogens with two attached hydrogens (primary N) is 1. The molecule has 0 saturated heterocycles. The van der Waals surface area contributed by atoms with E-state index in [9.17, 15) is 9.59 Å². The molecule has 0 fully saturated rings. The van der Waals surface area contributed by atoms with Crippen molar-refractivity contribution in [2.45, 2.75) is 18.6 Å². The predicted octanol–water partition coefficient (Wildman–Crippen LogP) is -0.0715. The maximum atomic E-state index is 12.4. The zero-order valence-electron chi connectivity index (χ0n) is 12.4. The smallest absolute Gasteiger partial charge is 0.243 e. The summed E-state index contributed by atoms with van der Waals surface area (Å²) in [6.07, 6.45) is 1.92. The lowest BCUT2D eigenvalue weighted by Gasteiger charge is -2.19. The molecule has 5 N–H and O–H groups in total. The first-order chi connectivity index (χ1) is 11.1. The van der Waals surface area contributed by atoms with E-state index in [2.05, 4.69) is 32.0 Å². The van der Waals surface area contributed by atoms with Gasteiger partial charge in [0.15, 0.2) is 0 Å². The number of hydrogen-bond donors (Lipinski definition) is 4. The molecule has 23 heavy (non-hydrogen) atoms. The topological polar surface area (TPSA) is 105 Å². The van der Waals surface area contributed by atoms with Gasteiger partial charge in [0.05, 0.1) is 13.1 Å². The second kappa shape index (κ2) is 8.66. The molecule has 8 heteroatoms. The first-order valence-corrected chi connectivity index (χ1v) is 7.98. The van der Waals surface area contributed by atoms with Crippen LogP contribution >= 0.6 is 15.9 Å². The van der Waals surface area contributed by atoms with Gasteiger partial charge in [0, 0.05) is 6.42 Å². The molecule has 0 radical (unpaired) electrons. The van der Waals surface area contributed by atoms with Crippen LogP contribution in [0, 0.1) is 0 Å². The Labute approximate surface area is 142 Å². The molecule has 0 aromatic heterocycles. The molecule has 1 heterocycles. The van der Waals surface area contributed by atoms with Gasteiger partial charge in [-0.15, -0.1) is 0 Å². The van der Waals surface area contributed by atoms with Crippen LogP contribution in [0.2, 0.25) is 0 Å². The van der Waals surface area contributed by atoms with Crippen LogP contribution in [0.25, 0.3) is 0 Å². The summed E-state index contributed by atoms with van der Waals surface area (Å²) in [5, 5.41) is 5.41. The average Bonchev–Trinajstić information content (AvgIpc) is 2.98. The molecule has 1 aliphatic heterocycles. The lowest BCUT2D eigenvalue weighted by atomic mass is 10.1. The molecule has 0 aliphatic carbocycles. The number of benzene rings is 1. The Balaban J connectivity index is 1.94. The summed E-state index contributed by atoms with van der Waals surface area (Å²) in [6.45, 7) is 0.134. The van der Waals surface area contributed by atoms with Gasteiger partial charge in [0.2, 0.25) is 11.8 Å². The molecule has 2 amide bonds. The highest BCUT2D eigenvalue weighted by Gasteiger charge is 2.22. The van der Waals surface area contributed by atoms with E-state index in [0.29, 0.717) is 17.6 Å². The van der Waals surface area contributed by atoms with E-state index in [-0.39, 0.29) is 24.5 Å². The van der Waals surface area contributed by atoms with Crippen LogP contribution in [-0.4, -0.2) is 37.0 Å². The normalized spacial score (nSPS) is 17.8.